The zero-order valence-electron chi connectivity index (χ0n) is 9.25. The maximum absolute atomic E-state index is 5.89. The van der Waals surface area contributed by atoms with Crippen molar-refractivity contribution in [2.45, 2.75) is 57.4 Å². The molecular formula is C11H18ClN3. The smallest absolute Gasteiger partial charge is 0.101 e. The number of hydrogen-bond donors (Lipinski definition) is 0. The number of aromatic nitrogens is 3. The van der Waals surface area contributed by atoms with E-state index in [0.717, 1.165) is 12.2 Å². The Morgan fingerprint density at radius 2 is 2.27 bits per heavy atom. The van der Waals surface area contributed by atoms with E-state index in [1.807, 2.05) is 0 Å². The standard InChI is InChI=1S/C11H18ClN3/c1-2-3-7-15-11(9-5-4-6-9)10(8-12)13-14-15/h9H,2-8H2,1H3. The summed E-state index contributed by atoms with van der Waals surface area (Å²) in [5.41, 5.74) is 2.31. The molecule has 0 aromatic carbocycles. The van der Waals surface area contributed by atoms with Gasteiger partial charge in [-0.1, -0.05) is 25.0 Å². The molecule has 1 aliphatic rings. The van der Waals surface area contributed by atoms with Crippen LogP contribution in [-0.4, -0.2) is 15.0 Å². The summed E-state index contributed by atoms with van der Waals surface area (Å²) < 4.78 is 2.07. The zero-order chi connectivity index (χ0) is 10.7. The molecule has 0 spiro atoms. The van der Waals surface area contributed by atoms with Gasteiger partial charge in [0, 0.05) is 12.5 Å². The maximum Gasteiger partial charge on any atom is 0.101 e. The van der Waals surface area contributed by atoms with Crippen LogP contribution >= 0.6 is 11.6 Å². The van der Waals surface area contributed by atoms with E-state index in [1.54, 1.807) is 0 Å². The highest BCUT2D eigenvalue weighted by atomic mass is 35.5. The molecular weight excluding hydrogens is 210 g/mol. The summed E-state index contributed by atoms with van der Waals surface area (Å²) in [7, 11) is 0. The molecule has 0 bridgehead atoms. The Labute approximate surface area is 95.8 Å². The van der Waals surface area contributed by atoms with Gasteiger partial charge in [-0.15, -0.1) is 16.7 Å². The number of unbranched alkanes of at least 4 members (excludes halogenated alkanes) is 1. The van der Waals surface area contributed by atoms with Gasteiger partial charge < -0.3 is 0 Å². The van der Waals surface area contributed by atoms with Crippen molar-refractivity contribution in [1.82, 2.24) is 15.0 Å². The molecule has 84 valence electrons. The highest BCUT2D eigenvalue weighted by Crippen LogP contribution is 2.37. The predicted octanol–water partition coefficient (Wildman–Crippen LogP) is 3.08. The largest absolute Gasteiger partial charge is 0.249 e. The van der Waals surface area contributed by atoms with Crippen LogP contribution in [0.3, 0.4) is 0 Å². The van der Waals surface area contributed by atoms with Crippen LogP contribution in [0.25, 0.3) is 0 Å². The Hall–Kier alpha value is -0.570. The second-order valence-corrected chi connectivity index (χ2v) is 4.53. The van der Waals surface area contributed by atoms with Crippen molar-refractivity contribution in [3.8, 4) is 0 Å². The summed E-state index contributed by atoms with van der Waals surface area (Å²) in [5, 5.41) is 8.38. The van der Waals surface area contributed by atoms with Gasteiger partial charge in [0.25, 0.3) is 0 Å². The van der Waals surface area contributed by atoms with Gasteiger partial charge in [0.1, 0.15) is 5.69 Å². The Morgan fingerprint density at radius 3 is 2.80 bits per heavy atom. The average molecular weight is 228 g/mol. The van der Waals surface area contributed by atoms with E-state index < -0.39 is 0 Å². The van der Waals surface area contributed by atoms with Crippen LogP contribution in [0.4, 0.5) is 0 Å². The van der Waals surface area contributed by atoms with Crippen molar-refractivity contribution in [1.29, 1.82) is 0 Å². The van der Waals surface area contributed by atoms with Crippen LogP contribution in [0.1, 0.15) is 56.3 Å². The lowest BCUT2D eigenvalue weighted by molar-refractivity contribution is 0.382. The molecule has 0 radical (unpaired) electrons. The van der Waals surface area contributed by atoms with Gasteiger partial charge in [0.2, 0.25) is 0 Å². The Kier molecular flexibility index (Phi) is 3.62. The fourth-order valence-electron chi connectivity index (χ4n) is 2.05. The van der Waals surface area contributed by atoms with Crippen molar-refractivity contribution >= 4 is 11.6 Å². The van der Waals surface area contributed by atoms with Gasteiger partial charge in [0.15, 0.2) is 0 Å². The third-order valence-corrected chi connectivity index (χ3v) is 3.44. The molecule has 0 amide bonds. The molecule has 0 aliphatic heterocycles. The zero-order valence-corrected chi connectivity index (χ0v) is 10.0. The van der Waals surface area contributed by atoms with Crippen molar-refractivity contribution in [2.75, 3.05) is 0 Å². The molecule has 3 nitrogen and oxygen atoms in total. The van der Waals surface area contributed by atoms with E-state index in [9.17, 15) is 0 Å². The first-order valence-corrected chi connectivity index (χ1v) is 6.38. The van der Waals surface area contributed by atoms with Crippen LogP contribution < -0.4 is 0 Å². The monoisotopic (exact) mass is 227 g/mol. The summed E-state index contributed by atoms with van der Waals surface area (Å²) >= 11 is 5.89. The molecule has 1 fully saturated rings. The summed E-state index contributed by atoms with van der Waals surface area (Å²) in [5.74, 6) is 1.17. The molecule has 0 saturated heterocycles. The molecule has 1 heterocycles. The van der Waals surface area contributed by atoms with Crippen LogP contribution in [0.2, 0.25) is 0 Å². The lowest BCUT2D eigenvalue weighted by Gasteiger charge is -2.26. The summed E-state index contributed by atoms with van der Waals surface area (Å²) in [6.07, 6.45) is 6.27. The first kappa shape index (κ1) is 10.9. The maximum atomic E-state index is 5.89. The predicted molar refractivity (Wildman–Crippen MR) is 61.1 cm³/mol. The highest BCUT2D eigenvalue weighted by Gasteiger charge is 2.26. The third-order valence-electron chi connectivity index (χ3n) is 3.19. The van der Waals surface area contributed by atoms with Crippen molar-refractivity contribution < 1.29 is 0 Å². The lowest BCUT2D eigenvalue weighted by atomic mass is 9.82. The lowest BCUT2D eigenvalue weighted by Crippen LogP contribution is -2.16. The number of halogens is 1. The van der Waals surface area contributed by atoms with Gasteiger partial charge in [-0.25, -0.2) is 4.68 Å². The molecule has 1 aromatic heterocycles. The van der Waals surface area contributed by atoms with E-state index in [-0.39, 0.29) is 0 Å². The number of alkyl halides is 1. The Morgan fingerprint density at radius 1 is 1.47 bits per heavy atom. The average Bonchev–Trinajstić information content (AvgIpc) is 2.56. The number of nitrogens with zero attached hydrogens (tertiary/aromatic N) is 3. The van der Waals surface area contributed by atoms with Crippen LogP contribution in [0.15, 0.2) is 0 Å². The SMILES string of the molecule is CCCCn1nnc(CCl)c1C1CCC1. The van der Waals surface area contributed by atoms with Crippen LogP contribution in [-0.2, 0) is 12.4 Å². The minimum absolute atomic E-state index is 0.498. The first-order valence-electron chi connectivity index (χ1n) is 5.85. The molecule has 4 heteroatoms. The fraction of sp³-hybridized carbons (Fsp3) is 0.818. The summed E-state index contributed by atoms with van der Waals surface area (Å²) in [4.78, 5) is 0. The molecule has 0 unspecified atom stereocenters. The van der Waals surface area contributed by atoms with Gasteiger partial charge in [-0.05, 0) is 19.3 Å². The fourth-order valence-corrected chi connectivity index (χ4v) is 2.24. The van der Waals surface area contributed by atoms with Crippen molar-refractivity contribution in [3.05, 3.63) is 11.4 Å². The van der Waals surface area contributed by atoms with Crippen LogP contribution in [0.5, 0.6) is 0 Å². The number of aryl methyl sites for hydroxylation is 1. The van der Waals surface area contributed by atoms with E-state index in [1.165, 1.54) is 37.8 Å². The van der Waals surface area contributed by atoms with Crippen molar-refractivity contribution in [3.63, 3.8) is 0 Å². The molecule has 1 aromatic rings. The third kappa shape index (κ3) is 2.17. The second kappa shape index (κ2) is 4.97. The van der Waals surface area contributed by atoms with Crippen LogP contribution in [0, 0.1) is 0 Å². The van der Waals surface area contributed by atoms with E-state index in [0.29, 0.717) is 11.8 Å². The normalized spacial score (nSPS) is 16.7. The van der Waals surface area contributed by atoms with E-state index in [4.69, 9.17) is 11.6 Å². The summed E-state index contributed by atoms with van der Waals surface area (Å²) in [6, 6.07) is 0. The first-order chi connectivity index (χ1) is 7.36. The molecule has 2 rings (SSSR count). The molecule has 0 N–H and O–H groups in total. The quantitative estimate of drug-likeness (QED) is 0.724. The summed E-state index contributed by atoms with van der Waals surface area (Å²) in [6.45, 7) is 3.19. The highest BCUT2D eigenvalue weighted by molar-refractivity contribution is 6.16. The second-order valence-electron chi connectivity index (χ2n) is 4.26. The minimum atomic E-state index is 0.498. The Bertz CT molecular complexity index is 318. The van der Waals surface area contributed by atoms with Gasteiger partial charge >= 0.3 is 0 Å². The molecule has 1 aliphatic carbocycles. The molecule has 1 saturated carbocycles. The minimum Gasteiger partial charge on any atom is -0.249 e. The van der Waals surface area contributed by atoms with E-state index >= 15 is 0 Å². The van der Waals surface area contributed by atoms with Crippen molar-refractivity contribution in [2.24, 2.45) is 0 Å². The molecule has 15 heavy (non-hydrogen) atoms. The molecule has 0 atom stereocenters. The van der Waals surface area contributed by atoms with Gasteiger partial charge in [-0.2, -0.15) is 0 Å². The van der Waals surface area contributed by atoms with Gasteiger partial charge in [-0.3, -0.25) is 0 Å². The van der Waals surface area contributed by atoms with Gasteiger partial charge in [0.05, 0.1) is 11.6 Å². The van der Waals surface area contributed by atoms with E-state index in [2.05, 4.69) is 21.9 Å². The topological polar surface area (TPSA) is 30.7 Å². The number of hydrogen-bond acceptors (Lipinski definition) is 2. The Balaban J connectivity index is 2.16. The number of rotatable bonds is 5.